The third-order valence-electron chi connectivity index (χ3n) is 12.9. The summed E-state index contributed by atoms with van der Waals surface area (Å²) in [5.74, 6) is 0.714. The van der Waals surface area contributed by atoms with Crippen LogP contribution in [0.1, 0.15) is 30.0 Å². The zero-order valence-electron chi connectivity index (χ0n) is 33.8. The predicted molar refractivity (Wildman–Crippen MR) is 258 cm³/mol. The fourth-order valence-corrected chi connectivity index (χ4v) is 9.86. The van der Waals surface area contributed by atoms with Gasteiger partial charge in [-0.2, -0.15) is 0 Å². The van der Waals surface area contributed by atoms with Crippen molar-refractivity contribution in [2.24, 2.45) is 15.9 Å². The van der Waals surface area contributed by atoms with Crippen molar-refractivity contribution in [1.82, 2.24) is 4.57 Å². The summed E-state index contributed by atoms with van der Waals surface area (Å²) < 4.78 is 15.8. The summed E-state index contributed by atoms with van der Waals surface area (Å²) in [6.45, 7) is 2.28. The number of nitrogens with zero attached hydrogens (tertiary/aromatic N) is 3. The zero-order chi connectivity index (χ0) is 40.9. The normalized spacial score (nSPS) is 17.4. The maximum absolute atomic E-state index is 7.01. The molecule has 0 saturated carbocycles. The van der Waals surface area contributed by atoms with E-state index in [2.05, 4.69) is 181 Å². The SMILES string of the molecule is CC1C/C=C(c2ccc3c(c2)oc2ccccc23)/N=C(c2ccc(-n3c4ccccc4c4cc5ccccc5cc43)c3oc4ccccc4c23)\N=C/1c1cccc2ccccc12. The van der Waals surface area contributed by atoms with Gasteiger partial charge in [0.25, 0.3) is 0 Å². The Hall–Kier alpha value is -8.02. The molecule has 0 radical (unpaired) electrons. The van der Waals surface area contributed by atoms with E-state index in [4.69, 9.17) is 18.8 Å². The van der Waals surface area contributed by atoms with E-state index in [1.54, 1.807) is 0 Å². The van der Waals surface area contributed by atoms with Crippen LogP contribution in [-0.4, -0.2) is 16.1 Å². The molecule has 9 aromatic carbocycles. The number of furan rings is 2. The molecule has 0 spiro atoms. The number of rotatable bonds is 4. The summed E-state index contributed by atoms with van der Waals surface area (Å²) in [7, 11) is 0. The lowest BCUT2D eigenvalue weighted by molar-refractivity contribution is 0.666. The molecule has 3 aromatic heterocycles. The molecule has 0 aliphatic carbocycles. The molecule has 62 heavy (non-hydrogen) atoms. The van der Waals surface area contributed by atoms with E-state index in [-0.39, 0.29) is 5.92 Å². The molecule has 1 aliphatic rings. The van der Waals surface area contributed by atoms with Gasteiger partial charge in [-0.3, -0.25) is 0 Å². The van der Waals surface area contributed by atoms with Crippen molar-refractivity contribution in [1.29, 1.82) is 0 Å². The van der Waals surface area contributed by atoms with Crippen LogP contribution in [0.15, 0.2) is 207 Å². The lowest BCUT2D eigenvalue weighted by Gasteiger charge is -2.20. The molecule has 4 heterocycles. The number of hydrogen-bond donors (Lipinski definition) is 0. The first-order chi connectivity index (χ1) is 30.6. The first-order valence-electron chi connectivity index (χ1n) is 21.3. The molecule has 1 atom stereocenters. The average Bonchev–Trinajstić information content (AvgIpc) is 3.99. The van der Waals surface area contributed by atoms with Crippen molar-refractivity contribution < 1.29 is 8.83 Å². The molecule has 292 valence electrons. The molecule has 1 unspecified atom stereocenters. The van der Waals surface area contributed by atoms with Crippen molar-refractivity contribution in [3.63, 3.8) is 0 Å². The summed E-state index contributed by atoms with van der Waals surface area (Å²) >= 11 is 0. The monoisotopic (exact) mass is 795 g/mol. The molecular formula is C57H37N3O2. The number of para-hydroxylation sites is 3. The second-order valence-corrected chi connectivity index (χ2v) is 16.5. The first kappa shape index (κ1) is 34.8. The molecule has 0 amide bonds. The second kappa shape index (κ2) is 13.5. The van der Waals surface area contributed by atoms with E-state index in [1.165, 1.54) is 32.3 Å². The Morgan fingerprint density at radius 3 is 2.02 bits per heavy atom. The summed E-state index contributed by atoms with van der Waals surface area (Å²) in [4.78, 5) is 11.3. The van der Waals surface area contributed by atoms with Crippen LogP contribution in [0.5, 0.6) is 0 Å². The van der Waals surface area contributed by atoms with Crippen LogP contribution in [0.4, 0.5) is 0 Å². The summed E-state index contributed by atoms with van der Waals surface area (Å²) in [6.07, 6.45) is 3.04. The van der Waals surface area contributed by atoms with Gasteiger partial charge < -0.3 is 13.4 Å². The van der Waals surface area contributed by atoms with Crippen LogP contribution < -0.4 is 0 Å². The summed E-state index contributed by atoms with van der Waals surface area (Å²) in [6, 6.07) is 64.4. The summed E-state index contributed by atoms with van der Waals surface area (Å²) in [5.41, 5.74) is 11.4. The van der Waals surface area contributed by atoms with E-state index in [1.807, 2.05) is 18.2 Å². The molecule has 0 N–H and O–H groups in total. The van der Waals surface area contributed by atoms with Gasteiger partial charge in [0.1, 0.15) is 16.7 Å². The quantitative estimate of drug-likeness (QED) is 0.178. The lowest BCUT2D eigenvalue weighted by atomic mass is 9.90. The molecule has 0 fully saturated rings. The number of allylic oxidation sites excluding steroid dienone is 1. The third-order valence-corrected chi connectivity index (χ3v) is 12.9. The molecule has 13 rings (SSSR count). The van der Waals surface area contributed by atoms with Gasteiger partial charge in [-0.05, 0) is 82.6 Å². The van der Waals surface area contributed by atoms with Gasteiger partial charge in [-0.15, -0.1) is 0 Å². The maximum atomic E-state index is 7.01. The van der Waals surface area contributed by atoms with Crippen molar-refractivity contribution in [2.45, 2.75) is 13.3 Å². The van der Waals surface area contributed by atoms with E-state index < -0.39 is 0 Å². The van der Waals surface area contributed by atoms with Gasteiger partial charge in [0.05, 0.1) is 28.1 Å². The van der Waals surface area contributed by atoms with Gasteiger partial charge in [0.15, 0.2) is 11.4 Å². The van der Waals surface area contributed by atoms with Crippen LogP contribution >= 0.6 is 0 Å². The molecule has 12 aromatic rings. The predicted octanol–water partition coefficient (Wildman–Crippen LogP) is 15.2. The number of amidine groups is 1. The minimum atomic E-state index is 0.0829. The summed E-state index contributed by atoms with van der Waals surface area (Å²) in [5, 5.41) is 11.3. The van der Waals surface area contributed by atoms with E-state index >= 15 is 0 Å². The number of hydrogen-bond acceptors (Lipinski definition) is 4. The van der Waals surface area contributed by atoms with Crippen molar-refractivity contribution in [3.05, 3.63) is 205 Å². The Labute approximate surface area is 356 Å². The first-order valence-corrected chi connectivity index (χ1v) is 21.3. The highest BCUT2D eigenvalue weighted by atomic mass is 16.3. The van der Waals surface area contributed by atoms with Gasteiger partial charge in [-0.1, -0.05) is 140 Å². The van der Waals surface area contributed by atoms with E-state index in [9.17, 15) is 0 Å². The Bertz CT molecular complexity index is 3920. The standard InChI is InChI=1S/C57H37N3O2/c1-34-25-29-47(38-26-27-42-41-19-7-10-23-51(41)61-53(42)33-38)58-57(59-55(34)43-21-12-16-35-13-4-5-17-39(35)43)45-28-30-49(56-54(45)44-20-8-11-24-52(44)62-56)60-48-22-9-6-18-40(48)46-31-36-14-2-3-15-37(36)32-50(46)60/h2-24,26-34H,25H2,1H3/b47-29+,58-57-,59-55+. The Morgan fingerprint density at radius 1 is 0.484 bits per heavy atom. The van der Waals surface area contributed by atoms with E-state index in [0.29, 0.717) is 5.84 Å². The highest BCUT2D eigenvalue weighted by Crippen LogP contribution is 2.42. The topological polar surface area (TPSA) is 55.9 Å². The van der Waals surface area contributed by atoms with Crippen LogP contribution in [0.3, 0.4) is 0 Å². The molecular weight excluding hydrogens is 759 g/mol. The minimum absolute atomic E-state index is 0.0829. The van der Waals surface area contributed by atoms with Crippen LogP contribution in [0, 0.1) is 5.92 Å². The van der Waals surface area contributed by atoms with Gasteiger partial charge in [-0.25, -0.2) is 9.98 Å². The number of fused-ring (bicyclic) bond motifs is 11. The van der Waals surface area contributed by atoms with Crippen molar-refractivity contribution in [3.8, 4) is 5.69 Å². The Morgan fingerprint density at radius 2 is 1.16 bits per heavy atom. The molecule has 5 nitrogen and oxygen atoms in total. The molecule has 5 heteroatoms. The maximum Gasteiger partial charge on any atom is 0.160 e. The van der Waals surface area contributed by atoms with Crippen molar-refractivity contribution in [2.75, 3.05) is 0 Å². The average molecular weight is 796 g/mol. The fourth-order valence-electron chi connectivity index (χ4n) is 9.86. The fraction of sp³-hybridized carbons (Fsp3) is 0.0526. The van der Waals surface area contributed by atoms with Crippen LogP contribution in [0.25, 0.3) is 98.6 Å². The zero-order valence-corrected chi connectivity index (χ0v) is 33.8. The molecule has 0 bridgehead atoms. The molecule has 0 saturated heterocycles. The Balaban J connectivity index is 1.10. The highest BCUT2D eigenvalue weighted by Gasteiger charge is 2.25. The number of benzene rings is 9. The van der Waals surface area contributed by atoms with Gasteiger partial charge >= 0.3 is 0 Å². The lowest BCUT2D eigenvalue weighted by Crippen LogP contribution is -2.17. The van der Waals surface area contributed by atoms with Gasteiger partial charge in [0.2, 0.25) is 0 Å². The van der Waals surface area contributed by atoms with Crippen molar-refractivity contribution >= 4 is 104 Å². The van der Waals surface area contributed by atoms with Crippen LogP contribution in [0.2, 0.25) is 0 Å². The Kier molecular flexibility index (Phi) is 7.58. The largest absolute Gasteiger partial charge is 0.456 e. The molecule has 1 aliphatic heterocycles. The van der Waals surface area contributed by atoms with E-state index in [0.717, 1.165) is 95.1 Å². The highest BCUT2D eigenvalue weighted by molar-refractivity contribution is 6.25. The van der Waals surface area contributed by atoms with Gasteiger partial charge in [0, 0.05) is 54.9 Å². The van der Waals surface area contributed by atoms with Crippen LogP contribution in [-0.2, 0) is 0 Å². The minimum Gasteiger partial charge on any atom is -0.456 e. The third kappa shape index (κ3) is 5.28. The second-order valence-electron chi connectivity index (χ2n) is 16.5. The smallest absolute Gasteiger partial charge is 0.160 e. The number of aromatic nitrogens is 1. The number of aliphatic imine (C=N–C) groups is 2.